The zero-order chi connectivity index (χ0) is 15.8. The summed E-state index contributed by atoms with van der Waals surface area (Å²) in [5.41, 5.74) is 4.01. The number of hydrogen-bond acceptors (Lipinski definition) is 1. The second-order valence-corrected chi connectivity index (χ2v) is 6.74. The molecule has 4 aromatic rings. The van der Waals surface area contributed by atoms with Gasteiger partial charge in [-0.15, -0.1) is 0 Å². The molecule has 0 saturated carbocycles. The Kier molecular flexibility index (Phi) is 3.72. The van der Waals surface area contributed by atoms with Gasteiger partial charge in [0.05, 0.1) is 0 Å². The lowest BCUT2D eigenvalue weighted by molar-refractivity contribution is 0.668. The van der Waals surface area contributed by atoms with Crippen LogP contribution in [-0.2, 0) is 0 Å². The third-order valence-electron chi connectivity index (χ3n) is 3.80. The fraction of sp³-hybridized carbons (Fsp3) is 0. The summed E-state index contributed by atoms with van der Waals surface area (Å²) in [5, 5.41) is 3.02. The number of fused-ring (bicyclic) bond motifs is 3. The smallest absolute Gasteiger partial charge is 0.136 e. The third-order valence-corrected chi connectivity index (χ3v) is 4.54. The molecule has 0 aliphatic rings. The summed E-state index contributed by atoms with van der Waals surface area (Å²) in [6.45, 7) is 0. The molecule has 0 aliphatic heterocycles. The molecule has 1 aromatic heterocycles. The first-order valence-corrected chi connectivity index (χ1v) is 8.42. The lowest BCUT2D eigenvalue weighted by Gasteiger charge is -1.96. The summed E-state index contributed by atoms with van der Waals surface area (Å²) in [6, 6.07) is 20.2. The van der Waals surface area contributed by atoms with E-state index in [-0.39, 0.29) is 0 Å². The van der Waals surface area contributed by atoms with Gasteiger partial charge in [0.15, 0.2) is 0 Å². The van der Waals surface area contributed by atoms with Crippen molar-refractivity contribution in [3.8, 4) is 0 Å². The first-order chi connectivity index (χ1) is 11.2. The van der Waals surface area contributed by atoms with Gasteiger partial charge in [-0.25, -0.2) is 0 Å². The number of rotatable bonds is 2. The molecule has 0 N–H and O–H groups in total. The predicted molar refractivity (Wildman–Crippen MR) is 102 cm³/mol. The lowest BCUT2D eigenvalue weighted by Crippen LogP contribution is -1.73. The molecule has 3 aromatic carbocycles. The second-order valence-electron chi connectivity index (χ2n) is 5.38. The highest BCUT2D eigenvalue weighted by molar-refractivity contribution is 9.10. The van der Waals surface area contributed by atoms with E-state index in [4.69, 9.17) is 16.0 Å². The van der Waals surface area contributed by atoms with Crippen molar-refractivity contribution >= 4 is 61.6 Å². The number of halogens is 2. The van der Waals surface area contributed by atoms with Gasteiger partial charge < -0.3 is 4.42 Å². The Hall–Kier alpha value is -2.03. The van der Waals surface area contributed by atoms with Crippen LogP contribution in [0.5, 0.6) is 0 Å². The summed E-state index contributed by atoms with van der Waals surface area (Å²) in [6.07, 6.45) is 4.14. The molecule has 0 radical (unpaired) electrons. The molecule has 4 rings (SSSR count). The fourth-order valence-electron chi connectivity index (χ4n) is 2.64. The molecule has 112 valence electrons. The highest BCUT2D eigenvalue weighted by Crippen LogP contribution is 2.31. The second kappa shape index (κ2) is 5.88. The van der Waals surface area contributed by atoms with E-state index in [0.717, 1.165) is 42.6 Å². The minimum atomic E-state index is 0.747. The summed E-state index contributed by atoms with van der Waals surface area (Å²) < 4.78 is 6.98. The number of hydrogen-bond donors (Lipinski definition) is 0. The van der Waals surface area contributed by atoms with Gasteiger partial charge in [-0.3, -0.25) is 0 Å². The molecule has 0 amide bonds. The zero-order valence-electron chi connectivity index (χ0n) is 12.1. The van der Waals surface area contributed by atoms with Crippen LogP contribution < -0.4 is 0 Å². The fourth-order valence-corrected chi connectivity index (χ4v) is 3.10. The van der Waals surface area contributed by atoms with E-state index in [1.54, 1.807) is 0 Å². The third kappa shape index (κ3) is 2.92. The molecule has 0 atom stereocenters. The standard InChI is InChI=1S/C20H12BrClO/c21-15-6-10-18-17-9-5-14(11-19(17)23-20(18)12-15)2-1-13-3-7-16(22)8-4-13/h1-12H. The van der Waals surface area contributed by atoms with E-state index < -0.39 is 0 Å². The molecule has 0 aliphatic carbocycles. The van der Waals surface area contributed by atoms with Crippen LogP contribution in [0.15, 0.2) is 69.6 Å². The van der Waals surface area contributed by atoms with Gasteiger partial charge in [0.25, 0.3) is 0 Å². The van der Waals surface area contributed by atoms with E-state index in [0.29, 0.717) is 0 Å². The van der Waals surface area contributed by atoms with E-state index in [1.165, 1.54) is 0 Å². The van der Waals surface area contributed by atoms with Crippen molar-refractivity contribution in [3.05, 3.63) is 81.3 Å². The molecule has 1 heterocycles. The predicted octanol–water partition coefficient (Wildman–Crippen LogP) is 7.17. The molecule has 1 nitrogen and oxygen atoms in total. The van der Waals surface area contributed by atoms with Crippen LogP contribution in [0, 0.1) is 0 Å². The van der Waals surface area contributed by atoms with Gasteiger partial charge in [0.2, 0.25) is 0 Å². The first-order valence-electron chi connectivity index (χ1n) is 7.24. The maximum atomic E-state index is 5.96. The van der Waals surface area contributed by atoms with Gasteiger partial charge >= 0.3 is 0 Å². The average Bonchev–Trinajstić information content (AvgIpc) is 2.90. The zero-order valence-corrected chi connectivity index (χ0v) is 14.4. The molecular formula is C20H12BrClO. The highest BCUT2D eigenvalue weighted by atomic mass is 79.9. The van der Waals surface area contributed by atoms with Crippen LogP contribution in [0.25, 0.3) is 34.1 Å². The van der Waals surface area contributed by atoms with E-state index in [2.05, 4.69) is 52.3 Å². The van der Waals surface area contributed by atoms with Crippen molar-refractivity contribution in [2.45, 2.75) is 0 Å². The van der Waals surface area contributed by atoms with Crippen molar-refractivity contribution in [1.29, 1.82) is 0 Å². The van der Waals surface area contributed by atoms with Crippen molar-refractivity contribution in [2.24, 2.45) is 0 Å². The van der Waals surface area contributed by atoms with Crippen molar-refractivity contribution in [2.75, 3.05) is 0 Å². The van der Waals surface area contributed by atoms with Crippen LogP contribution in [0.3, 0.4) is 0 Å². The van der Waals surface area contributed by atoms with Gasteiger partial charge in [0.1, 0.15) is 11.2 Å². The first kappa shape index (κ1) is 14.6. The van der Waals surface area contributed by atoms with Crippen LogP contribution in [0.1, 0.15) is 11.1 Å². The van der Waals surface area contributed by atoms with Crippen LogP contribution in [0.2, 0.25) is 5.02 Å². The normalized spacial score (nSPS) is 11.7. The SMILES string of the molecule is Clc1ccc(C=Cc2ccc3c(c2)oc2cc(Br)ccc23)cc1. The highest BCUT2D eigenvalue weighted by Gasteiger charge is 2.07. The van der Waals surface area contributed by atoms with E-state index >= 15 is 0 Å². The Bertz CT molecular complexity index is 1030. The Labute approximate surface area is 147 Å². The number of benzene rings is 3. The van der Waals surface area contributed by atoms with E-state index in [1.807, 2.05) is 36.4 Å². The van der Waals surface area contributed by atoms with Crippen molar-refractivity contribution in [1.82, 2.24) is 0 Å². The minimum absolute atomic E-state index is 0.747. The quantitative estimate of drug-likeness (QED) is 0.334. The Morgan fingerprint density at radius 2 is 1.35 bits per heavy atom. The molecule has 3 heteroatoms. The summed E-state index contributed by atoms with van der Waals surface area (Å²) in [5.74, 6) is 0. The van der Waals surface area contributed by atoms with Gasteiger partial charge in [-0.1, -0.05) is 57.9 Å². The monoisotopic (exact) mass is 382 g/mol. The average molecular weight is 384 g/mol. The molecule has 0 fully saturated rings. The van der Waals surface area contributed by atoms with Gasteiger partial charge in [-0.2, -0.15) is 0 Å². The maximum absolute atomic E-state index is 5.96. The summed E-state index contributed by atoms with van der Waals surface area (Å²) in [4.78, 5) is 0. The molecule has 0 bridgehead atoms. The molecule has 0 unspecified atom stereocenters. The molecular weight excluding hydrogens is 372 g/mol. The van der Waals surface area contributed by atoms with Crippen molar-refractivity contribution < 1.29 is 4.42 Å². The molecule has 0 saturated heterocycles. The Morgan fingerprint density at radius 3 is 2.13 bits per heavy atom. The largest absolute Gasteiger partial charge is 0.456 e. The van der Waals surface area contributed by atoms with Crippen LogP contribution >= 0.6 is 27.5 Å². The van der Waals surface area contributed by atoms with Crippen molar-refractivity contribution in [3.63, 3.8) is 0 Å². The lowest BCUT2D eigenvalue weighted by atomic mass is 10.1. The molecule has 23 heavy (non-hydrogen) atoms. The van der Waals surface area contributed by atoms with Crippen LogP contribution in [0.4, 0.5) is 0 Å². The topological polar surface area (TPSA) is 13.1 Å². The summed E-state index contributed by atoms with van der Waals surface area (Å²) >= 11 is 9.38. The number of furan rings is 1. The maximum Gasteiger partial charge on any atom is 0.136 e. The Balaban J connectivity index is 1.73. The molecule has 0 spiro atoms. The van der Waals surface area contributed by atoms with Crippen LogP contribution in [-0.4, -0.2) is 0 Å². The van der Waals surface area contributed by atoms with Gasteiger partial charge in [-0.05, 0) is 53.6 Å². The Morgan fingerprint density at radius 1 is 0.739 bits per heavy atom. The van der Waals surface area contributed by atoms with Gasteiger partial charge in [0, 0.05) is 20.3 Å². The van der Waals surface area contributed by atoms with E-state index in [9.17, 15) is 0 Å². The minimum Gasteiger partial charge on any atom is -0.456 e. The summed E-state index contributed by atoms with van der Waals surface area (Å²) in [7, 11) is 0.